The van der Waals surface area contributed by atoms with Crippen LogP contribution in [-0.2, 0) is 20.7 Å². The molecule has 1 aliphatic heterocycles. The van der Waals surface area contributed by atoms with Crippen molar-refractivity contribution in [1.82, 2.24) is 0 Å². The number of hydrogen-bond acceptors (Lipinski definition) is 4. The molecule has 0 aromatic heterocycles. The fourth-order valence-electron chi connectivity index (χ4n) is 2.37. The predicted molar refractivity (Wildman–Crippen MR) is 76.8 cm³/mol. The number of aliphatic carboxylic acids is 1. The fraction of sp³-hybridized carbons (Fsp3) is 0.467. The van der Waals surface area contributed by atoms with Crippen LogP contribution in [0.25, 0.3) is 0 Å². The van der Waals surface area contributed by atoms with Gasteiger partial charge in [-0.1, -0.05) is 18.2 Å². The number of carbonyl (C=O) groups is 2. The lowest BCUT2D eigenvalue weighted by atomic mass is 9.84. The number of rotatable bonds is 5. The van der Waals surface area contributed by atoms with Crippen LogP contribution in [-0.4, -0.2) is 28.9 Å². The minimum Gasteiger partial charge on any atom is -0.480 e. The van der Waals surface area contributed by atoms with Gasteiger partial charge in [0.15, 0.2) is 5.41 Å². The number of carboxylic acids is 1. The summed E-state index contributed by atoms with van der Waals surface area (Å²) in [5, 5.41) is 9.49. The van der Waals surface area contributed by atoms with Gasteiger partial charge >= 0.3 is 11.9 Å². The summed E-state index contributed by atoms with van der Waals surface area (Å²) in [6, 6.07) is 8.02. The maximum atomic E-state index is 12.0. The summed E-state index contributed by atoms with van der Waals surface area (Å²) in [5.41, 5.74) is -0.255. The van der Waals surface area contributed by atoms with Crippen molar-refractivity contribution in [3.05, 3.63) is 29.8 Å². The Labute approximate surface area is 122 Å². The van der Waals surface area contributed by atoms with Crippen molar-refractivity contribution >= 4 is 23.7 Å². The number of fused-ring (bicyclic) bond motifs is 1. The Morgan fingerprint density at radius 2 is 2.15 bits per heavy atom. The molecular formula is C15H18O4S. The third kappa shape index (κ3) is 2.82. The lowest BCUT2D eigenvalue weighted by Gasteiger charge is -2.25. The van der Waals surface area contributed by atoms with Crippen LogP contribution < -0.4 is 0 Å². The summed E-state index contributed by atoms with van der Waals surface area (Å²) in [4.78, 5) is 24.6. The zero-order valence-electron chi connectivity index (χ0n) is 11.6. The quantitative estimate of drug-likeness (QED) is 0.668. The molecule has 2 atom stereocenters. The van der Waals surface area contributed by atoms with Crippen molar-refractivity contribution in [1.29, 1.82) is 0 Å². The normalized spacial score (nSPS) is 20.0. The van der Waals surface area contributed by atoms with E-state index in [-0.39, 0.29) is 18.3 Å². The van der Waals surface area contributed by atoms with Crippen molar-refractivity contribution < 1.29 is 19.4 Å². The summed E-state index contributed by atoms with van der Waals surface area (Å²) >= 11 is 1.64. The van der Waals surface area contributed by atoms with Gasteiger partial charge in [-0.05, 0) is 38.3 Å². The zero-order valence-corrected chi connectivity index (χ0v) is 12.4. The number of carbonyl (C=O) groups excluding carboxylic acids is 1. The van der Waals surface area contributed by atoms with Gasteiger partial charge in [-0.3, -0.25) is 9.59 Å². The molecule has 1 aromatic rings. The highest BCUT2D eigenvalue weighted by Gasteiger charge is 2.45. The molecule has 1 N–H and O–H groups in total. The molecule has 0 bridgehead atoms. The van der Waals surface area contributed by atoms with E-state index in [1.54, 1.807) is 18.7 Å². The van der Waals surface area contributed by atoms with Crippen LogP contribution in [0.4, 0.5) is 0 Å². The Hall–Kier alpha value is -1.49. The van der Waals surface area contributed by atoms with E-state index in [0.717, 1.165) is 6.42 Å². The molecule has 1 aromatic carbocycles. The Balaban J connectivity index is 2.11. The Morgan fingerprint density at radius 1 is 1.45 bits per heavy atom. The van der Waals surface area contributed by atoms with Crippen molar-refractivity contribution in [2.75, 3.05) is 6.61 Å². The highest BCUT2D eigenvalue weighted by Crippen LogP contribution is 2.42. The standard InChI is InChI=1S/C15H18O4S/c1-3-19-14(18)15(2,13(16)17)9-11-8-10-6-4-5-7-12(10)20-11/h4-7,11H,3,8-9H2,1-2H3,(H,16,17). The van der Waals surface area contributed by atoms with Gasteiger partial charge in [-0.2, -0.15) is 0 Å². The minimum atomic E-state index is -1.48. The summed E-state index contributed by atoms with van der Waals surface area (Å²) in [5.74, 6) is -1.77. The third-order valence-corrected chi connectivity index (χ3v) is 4.87. The van der Waals surface area contributed by atoms with Gasteiger partial charge in [0.2, 0.25) is 0 Å². The van der Waals surface area contributed by atoms with E-state index in [4.69, 9.17) is 4.74 Å². The molecule has 5 heteroatoms. The van der Waals surface area contributed by atoms with Crippen LogP contribution in [0.2, 0.25) is 0 Å². The Bertz CT molecular complexity index is 503. The molecule has 0 saturated heterocycles. The monoisotopic (exact) mass is 294 g/mol. The summed E-state index contributed by atoms with van der Waals surface area (Å²) in [7, 11) is 0. The van der Waals surface area contributed by atoms with E-state index in [2.05, 4.69) is 0 Å². The maximum Gasteiger partial charge on any atom is 0.323 e. The van der Waals surface area contributed by atoms with Crippen LogP contribution in [0.5, 0.6) is 0 Å². The number of benzene rings is 1. The zero-order chi connectivity index (χ0) is 14.8. The number of ether oxygens (including phenoxy) is 1. The number of esters is 1. The van der Waals surface area contributed by atoms with Crippen LogP contribution in [0.1, 0.15) is 25.8 Å². The van der Waals surface area contributed by atoms with Gasteiger partial charge in [0, 0.05) is 10.1 Å². The average Bonchev–Trinajstić information content (AvgIpc) is 2.80. The molecule has 4 nitrogen and oxygen atoms in total. The second-order valence-corrected chi connectivity index (χ2v) is 6.46. The predicted octanol–water partition coefficient (Wildman–Crippen LogP) is 2.75. The van der Waals surface area contributed by atoms with E-state index in [9.17, 15) is 14.7 Å². The number of thioether (sulfide) groups is 1. The van der Waals surface area contributed by atoms with Crippen LogP contribution >= 0.6 is 11.8 Å². The first kappa shape index (κ1) is 14.9. The Morgan fingerprint density at radius 3 is 2.75 bits per heavy atom. The highest BCUT2D eigenvalue weighted by atomic mass is 32.2. The van der Waals surface area contributed by atoms with Gasteiger partial charge in [-0.25, -0.2) is 0 Å². The molecular weight excluding hydrogens is 276 g/mol. The molecule has 0 saturated carbocycles. The van der Waals surface area contributed by atoms with Crippen LogP contribution in [0.3, 0.4) is 0 Å². The number of carboxylic acid groups (broad SMARTS) is 1. The van der Waals surface area contributed by atoms with Gasteiger partial charge in [0.1, 0.15) is 0 Å². The van der Waals surface area contributed by atoms with Crippen LogP contribution in [0.15, 0.2) is 29.2 Å². The second-order valence-electron chi connectivity index (χ2n) is 5.11. The lowest BCUT2D eigenvalue weighted by Crippen LogP contribution is -2.40. The van der Waals surface area contributed by atoms with Gasteiger partial charge in [0.05, 0.1) is 6.61 Å². The van der Waals surface area contributed by atoms with E-state index < -0.39 is 17.4 Å². The molecule has 2 unspecified atom stereocenters. The summed E-state index contributed by atoms with van der Waals surface area (Å²) in [6.07, 6.45) is 1.07. The third-order valence-electron chi connectivity index (χ3n) is 3.55. The Kier molecular flexibility index (Phi) is 4.38. The minimum absolute atomic E-state index is 0.0953. The summed E-state index contributed by atoms with van der Waals surface area (Å²) < 4.78 is 4.93. The fourth-order valence-corrected chi connectivity index (χ4v) is 3.87. The SMILES string of the molecule is CCOC(=O)C(C)(CC1Cc2ccccc2S1)C(=O)O. The molecule has 0 fully saturated rings. The largest absolute Gasteiger partial charge is 0.480 e. The second kappa shape index (κ2) is 5.87. The van der Waals surface area contributed by atoms with Crippen molar-refractivity contribution in [2.45, 2.75) is 36.8 Å². The van der Waals surface area contributed by atoms with E-state index in [1.807, 2.05) is 24.3 Å². The first-order chi connectivity index (χ1) is 9.47. The van der Waals surface area contributed by atoms with Crippen molar-refractivity contribution in [3.63, 3.8) is 0 Å². The van der Waals surface area contributed by atoms with Gasteiger partial charge in [-0.15, -0.1) is 11.8 Å². The molecule has 108 valence electrons. The van der Waals surface area contributed by atoms with E-state index >= 15 is 0 Å². The van der Waals surface area contributed by atoms with Gasteiger partial charge < -0.3 is 9.84 Å². The molecule has 2 rings (SSSR count). The first-order valence-electron chi connectivity index (χ1n) is 6.62. The molecule has 0 spiro atoms. The molecule has 1 aliphatic rings. The first-order valence-corrected chi connectivity index (χ1v) is 7.50. The molecule has 0 aliphatic carbocycles. The number of hydrogen-bond donors (Lipinski definition) is 1. The molecule has 1 heterocycles. The highest BCUT2D eigenvalue weighted by molar-refractivity contribution is 8.00. The smallest absolute Gasteiger partial charge is 0.323 e. The average molecular weight is 294 g/mol. The molecule has 0 amide bonds. The van der Waals surface area contributed by atoms with Crippen molar-refractivity contribution in [3.8, 4) is 0 Å². The van der Waals surface area contributed by atoms with Crippen LogP contribution in [0, 0.1) is 5.41 Å². The van der Waals surface area contributed by atoms with Gasteiger partial charge in [0.25, 0.3) is 0 Å². The van der Waals surface area contributed by atoms with Crippen molar-refractivity contribution in [2.24, 2.45) is 5.41 Å². The molecule has 20 heavy (non-hydrogen) atoms. The van der Waals surface area contributed by atoms with E-state index in [1.165, 1.54) is 17.4 Å². The van der Waals surface area contributed by atoms with E-state index in [0.29, 0.717) is 0 Å². The lowest BCUT2D eigenvalue weighted by molar-refractivity contribution is -0.167. The summed E-state index contributed by atoms with van der Waals surface area (Å²) in [6.45, 7) is 3.33. The topological polar surface area (TPSA) is 63.6 Å². The maximum absolute atomic E-state index is 12.0. The molecule has 0 radical (unpaired) electrons.